The normalized spacial score (nSPS) is 12.8. The second-order valence-electron chi connectivity index (χ2n) is 2.43. The molecule has 0 aromatic heterocycles. The van der Waals surface area contributed by atoms with Crippen molar-refractivity contribution >= 4 is 12.6 Å². The van der Waals surface area contributed by atoms with Gasteiger partial charge in [-0.2, -0.15) is 0 Å². The molecule has 2 nitrogen and oxygen atoms in total. The van der Waals surface area contributed by atoms with Crippen molar-refractivity contribution in [1.29, 1.82) is 0 Å². The van der Waals surface area contributed by atoms with E-state index in [9.17, 15) is 9.59 Å². The third kappa shape index (κ3) is 3.86. The Morgan fingerprint density at radius 1 is 0.917 bits per heavy atom. The fourth-order valence-corrected chi connectivity index (χ4v) is 0.695. The SMILES string of the molecule is CC/C(C=O)=C/C=C(\C=O)CC. The summed E-state index contributed by atoms with van der Waals surface area (Å²) in [6, 6.07) is 0. The topological polar surface area (TPSA) is 34.1 Å². The van der Waals surface area contributed by atoms with Crippen molar-refractivity contribution in [2.24, 2.45) is 0 Å². The molecule has 0 aromatic rings. The van der Waals surface area contributed by atoms with Crippen molar-refractivity contribution in [3.05, 3.63) is 23.3 Å². The van der Waals surface area contributed by atoms with E-state index in [2.05, 4.69) is 0 Å². The highest BCUT2D eigenvalue weighted by Crippen LogP contribution is 2.00. The van der Waals surface area contributed by atoms with Crippen LogP contribution in [0.15, 0.2) is 23.3 Å². The molecule has 0 heterocycles. The summed E-state index contributed by atoms with van der Waals surface area (Å²) < 4.78 is 0. The maximum atomic E-state index is 10.3. The summed E-state index contributed by atoms with van der Waals surface area (Å²) in [5.74, 6) is 0. The molecule has 0 aliphatic carbocycles. The minimum absolute atomic E-state index is 0.704. The molecule has 0 saturated heterocycles. The first-order chi connectivity index (χ1) is 5.78. The monoisotopic (exact) mass is 166 g/mol. The van der Waals surface area contributed by atoms with Gasteiger partial charge in [-0.05, 0) is 24.0 Å². The van der Waals surface area contributed by atoms with Crippen molar-refractivity contribution < 1.29 is 9.59 Å². The quantitative estimate of drug-likeness (QED) is 0.356. The van der Waals surface area contributed by atoms with Crippen LogP contribution in [-0.2, 0) is 9.59 Å². The van der Waals surface area contributed by atoms with E-state index in [4.69, 9.17) is 0 Å². The predicted molar refractivity (Wildman–Crippen MR) is 48.9 cm³/mol. The average Bonchev–Trinajstić information content (AvgIpc) is 2.13. The van der Waals surface area contributed by atoms with Crippen LogP contribution in [-0.4, -0.2) is 12.6 Å². The van der Waals surface area contributed by atoms with Gasteiger partial charge < -0.3 is 0 Å². The lowest BCUT2D eigenvalue weighted by molar-refractivity contribution is -0.105. The number of hydrogen-bond donors (Lipinski definition) is 0. The van der Waals surface area contributed by atoms with Crippen LogP contribution in [0.3, 0.4) is 0 Å². The van der Waals surface area contributed by atoms with Crippen LogP contribution in [0.5, 0.6) is 0 Å². The van der Waals surface area contributed by atoms with Crippen molar-refractivity contribution in [3.8, 4) is 0 Å². The molecular weight excluding hydrogens is 152 g/mol. The van der Waals surface area contributed by atoms with Crippen molar-refractivity contribution in [2.75, 3.05) is 0 Å². The Hall–Kier alpha value is -1.18. The molecular formula is C10H14O2. The van der Waals surface area contributed by atoms with E-state index in [-0.39, 0.29) is 0 Å². The largest absolute Gasteiger partial charge is 0.298 e. The van der Waals surface area contributed by atoms with Gasteiger partial charge in [0.1, 0.15) is 12.6 Å². The van der Waals surface area contributed by atoms with Gasteiger partial charge in [0, 0.05) is 0 Å². The number of aldehydes is 2. The lowest BCUT2D eigenvalue weighted by atomic mass is 10.1. The highest BCUT2D eigenvalue weighted by molar-refractivity contribution is 5.76. The van der Waals surface area contributed by atoms with E-state index in [1.807, 2.05) is 13.8 Å². The molecule has 66 valence electrons. The van der Waals surface area contributed by atoms with E-state index >= 15 is 0 Å². The summed E-state index contributed by atoms with van der Waals surface area (Å²) >= 11 is 0. The van der Waals surface area contributed by atoms with Gasteiger partial charge in [0.15, 0.2) is 0 Å². The number of rotatable bonds is 5. The van der Waals surface area contributed by atoms with E-state index in [1.165, 1.54) is 0 Å². The molecule has 12 heavy (non-hydrogen) atoms. The Balaban J connectivity index is 4.40. The lowest BCUT2D eigenvalue weighted by Gasteiger charge is -1.91. The Morgan fingerprint density at radius 2 is 1.25 bits per heavy atom. The smallest absolute Gasteiger partial charge is 0.146 e. The third-order valence-corrected chi connectivity index (χ3v) is 1.63. The molecule has 0 fully saturated rings. The molecule has 0 N–H and O–H groups in total. The second-order valence-corrected chi connectivity index (χ2v) is 2.43. The minimum atomic E-state index is 0.704. The van der Waals surface area contributed by atoms with Crippen LogP contribution >= 0.6 is 0 Å². The standard InChI is InChI=1S/C10H14O2/c1-3-9(7-11)5-6-10(4-2)8-12/h5-8H,3-4H2,1-2H3/b9-5-,10-6-. The van der Waals surface area contributed by atoms with Crippen molar-refractivity contribution in [2.45, 2.75) is 26.7 Å². The van der Waals surface area contributed by atoms with Gasteiger partial charge in [0.25, 0.3) is 0 Å². The number of hydrogen-bond acceptors (Lipinski definition) is 2. The number of carbonyl (C=O) groups excluding carboxylic acids is 2. The maximum Gasteiger partial charge on any atom is 0.146 e. The molecule has 0 atom stereocenters. The maximum absolute atomic E-state index is 10.3. The summed E-state index contributed by atoms with van der Waals surface area (Å²) in [7, 11) is 0. The van der Waals surface area contributed by atoms with Crippen LogP contribution in [0.4, 0.5) is 0 Å². The summed E-state index contributed by atoms with van der Waals surface area (Å²) in [5, 5.41) is 0. The van der Waals surface area contributed by atoms with Crippen molar-refractivity contribution in [3.63, 3.8) is 0 Å². The second kappa shape index (κ2) is 6.53. The minimum Gasteiger partial charge on any atom is -0.298 e. The molecule has 0 spiro atoms. The first-order valence-electron chi connectivity index (χ1n) is 4.08. The molecule has 0 unspecified atom stereocenters. The lowest BCUT2D eigenvalue weighted by Crippen LogP contribution is -1.83. The van der Waals surface area contributed by atoms with Gasteiger partial charge >= 0.3 is 0 Å². The van der Waals surface area contributed by atoms with Gasteiger partial charge in [-0.25, -0.2) is 0 Å². The molecule has 0 rings (SSSR count). The van der Waals surface area contributed by atoms with Crippen molar-refractivity contribution in [1.82, 2.24) is 0 Å². The molecule has 0 aliphatic rings. The first-order valence-corrected chi connectivity index (χ1v) is 4.08. The molecule has 0 bridgehead atoms. The third-order valence-electron chi connectivity index (χ3n) is 1.63. The van der Waals surface area contributed by atoms with Crippen LogP contribution in [0, 0.1) is 0 Å². The Kier molecular flexibility index (Phi) is 5.88. The summed E-state index contributed by atoms with van der Waals surface area (Å²) in [6.07, 6.45) is 6.43. The van der Waals surface area contributed by atoms with E-state index in [1.54, 1.807) is 12.2 Å². The van der Waals surface area contributed by atoms with Gasteiger partial charge in [0.05, 0.1) is 0 Å². The van der Waals surface area contributed by atoms with E-state index < -0.39 is 0 Å². The van der Waals surface area contributed by atoms with Gasteiger partial charge in [0.2, 0.25) is 0 Å². The molecule has 0 aromatic carbocycles. The first kappa shape index (κ1) is 10.8. The van der Waals surface area contributed by atoms with Crippen LogP contribution in [0.25, 0.3) is 0 Å². The predicted octanol–water partition coefficient (Wildman–Crippen LogP) is 2.06. The molecule has 0 amide bonds. The van der Waals surface area contributed by atoms with Crippen LogP contribution < -0.4 is 0 Å². The zero-order valence-corrected chi connectivity index (χ0v) is 7.54. The van der Waals surface area contributed by atoms with E-state index in [0.29, 0.717) is 24.0 Å². The highest BCUT2D eigenvalue weighted by Gasteiger charge is 1.90. The highest BCUT2D eigenvalue weighted by atomic mass is 16.1. The Labute approximate surface area is 73.0 Å². The average molecular weight is 166 g/mol. The summed E-state index contributed by atoms with van der Waals surface area (Å²) in [4.78, 5) is 20.7. The van der Waals surface area contributed by atoms with Gasteiger partial charge in [-0.15, -0.1) is 0 Å². The molecule has 0 aliphatic heterocycles. The fraction of sp³-hybridized carbons (Fsp3) is 0.400. The molecule has 2 heteroatoms. The summed E-state index contributed by atoms with van der Waals surface area (Å²) in [5.41, 5.74) is 1.42. The number of allylic oxidation sites excluding steroid dienone is 4. The summed E-state index contributed by atoms with van der Waals surface area (Å²) in [6.45, 7) is 3.81. The van der Waals surface area contributed by atoms with Crippen LogP contribution in [0.2, 0.25) is 0 Å². The fourth-order valence-electron chi connectivity index (χ4n) is 0.695. The zero-order chi connectivity index (χ0) is 9.40. The molecule has 0 radical (unpaired) electrons. The van der Waals surface area contributed by atoms with E-state index in [0.717, 1.165) is 12.6 Å². The Morgan fingerprint density at radius 3 is 1.42 bits per heavy atom. The number of carbonyl (C=O) groups is 2. The van der Waals surface area contributed by atoms with Gasteiger partial charge in [-0.3, -0.25) is 9.59 Å². The Bertz CT molecular complexity index is 188. The molecule has 0 saturated carbocycles. The van der Waals surface area contributed by atoms with Gasteiger partial charge in [-0.1, -0.05) is 26.0 Å². The zero-order valence-electron chi connectivity index (χ0n) is 7.54. The van der Waals surface area contributed by atoms with Crippen LogP contribution in [0.1, 0.15) is 26.7 Å².